The van der Waals surface area contributed by atoms with Gasteiger partial charge >= 0.3 is 5.97 Å². The van der Waals surface area contributed by atoms with Gasteiger partial charge in [-0.3, -0.25) is 14.9 Å². The first-order valence-electron chi connectivity index (χ1n) is 7.79. The van der Waals surface area contributed by atoms with Crippen molar-refractivity contribution >= 4 is 44.7 Å². The van der Waals surface area contributed by atoms with Gasteiger partial charge in [0.2, 0.25) is 0 Å². The summed E-state index contributed by atoms with van der Waals surface area (Å²) in [5, 5.41) is 13.7. The van der Waals surface area contributed by atoms with Gasteiger partial charge in [-0.05, 0) is 31.2 Å². The number of nitrogens with one attached hydrogen (secondary N) is 1. The van der Waals surface area contributed by atoms with Crippen LogP contribution >= 0.6 is 11.3 Å². The van der Waals surface area contributed by atoms with E-state index in [0.717, 1.165) is 11.3 Å². The highest BCUT2D eigenvalue weighted by molar-refractivity contribution is 7.20. The van der Waals surface area contributed by atoms with Crippen LogP contribution in [0.25, 0.3) is 10.1 Å². The first kappa shape index (κ1) is 18.5. The van der Waals surface area contributed by atoms with Crippen molar-refractivity contribution in [1.29, 1.82) is 0 Å². The van der Waals surface area contributed by atoms with Gasteiger partial charge in [-0.25, -0.2) is 9.18 Å². The molecule has 1 aromatic heterocycles. The number of thiophene rings is 1. The average Bonchev–Trinajstić information content (AvgIpc) is 3.06. The van der Waals surface area contributed by atoms with Gasteiger partial charge in [-0.2, -0.15) is 0 Å². The number of esters is 1. The van der Waals surface area contributed by atoms with E-state index in [1.807, 2.05) is 0 Å². The molecule has 1 N–H and O–H groups in total. The molecule has 3 rings (SSSR count). The van der Waals surface area contributed by atoms with Gasteiger partial charge in [0.15, 0.2) is 6.10 Å². The Labute approximate surface area is 156 Å². The number of carbonyl (C=O) groups is 2. The quantitative estimate of drug-likeness (QED) is 0.402. The highest BCUT2D eigenvalue weighted by atomic mass is 32.1. The average molecular weight is 388 g/mol. The fourth-order valence-electron chi connectivity index (χ4n) is 2.31. The number of nitro benzene ring substituents is 1. The van der Waals surface area contributed by atoms with Crippen LogP contribution in [0.1, 0.15) is 16.6 Å². The Morgan fingerprint density at radius 3 is 2.67 bits per heavy atom. The number of nitrogens with zero attached hydrogens (tertiary/aromatic N) is 1. The molecule has 1 atom stereocenters. The molecule has 1 heterocycles. The molecule has 0 aliphatic heterocycles. The molecule has 138 valence electrons. The van der Waals surface area contributed by atoms with Crippen molar-refractivity contribution in [2.24, 2.45) is 0 Å². The second-order valence-electron chi connectivity index (χ2n) is 5.61. The molecule has 0 bridgehead atoms. The molecule has 0 radical (unpaired) electrons. The van der Waals surface area contributed by atoms with Gasteiger partial charge in [0, 0.05) is 22.2 Å². The lowest BCUT2D eigenvalue weighted by molar-refractivity contribution is -0.384. The van der Waals surface area contributed by atoms with Gasteiger partial charge in [0.05, 0.1) is 10.6 Å². The normalized spacial score (nSPS) is 11.8. The lowest BCUT2D eigenvalue weighted by atomic mass is 10.2. The summed E-state index contributed by atoms with van der Waals surface area (Å²) in [6, 6.07) is 11.4. The smallest absolute Gasteiger partial charge is 0.349 e. The van der Waals surface area contributed by atoms with Crippen molar-refractivity contribution in [2.75, 3.05) is 5.32 Å². The number of carbonyl (C=O) groups excluding carboxylic acids is 2. The van der Waals surface area contributed by atoms with Crippen molar-refractivity contribution in [2.45, 2.75) is 13.0 Å². The van der Waals surface area contributed by atoms with E-state index in [-0.39, 0.29) is 16.3 Å². The van der Waals surface area contributed by atoms with E-state index in [4.69, 9.17) is 4.74 Å². The number of anilines is 1. The van der Waals surface area contributed by atoms with Crippen molar-refractivity contribution in [3.05, 3.63) is 69.3 Å². The number of nitro groups is 1. The summed E-state index contributed by atoms with van der Waals surface area (Å²) in [6.07, 6.45) is -1.16. The number of para-hydroxylation sites is 1. The standard InChI is InChI=1S/C18H13FN2O5S/c1-10(17(22)20-14-5-3-2-4-13(14)19)26-18(23)16-9-11-8-12(21(24)25)6-7-15(11)27-16/h2-10H,1H3,(H,20,22)/t10-/m1/s1. The largest absolute Gasteiger partial charge is 0.448 e. The van der Waals surface area contributed by atoms with E-state index in [0.29, 0.717) is 10.1 Å². The molecule has 0 saturated heterocycles. The molecule has 0 saturated carbocycles. The second kappa shape index (κ2) is 7.50. The molecule has 1 amide bonds. The predicted octanol–water partition coefficient (Wildman–Crippen LogP) is 4.13. The summed E-state index contributed by atoms with van der Waals surface area (Å²) in [5.41, 5.74) is -0.0996. The van der Waals surface area contributed by atoms with Crippen molar-refractivity contribution in [3.8, 4) is 0 Å². The van der Waals surface area contributed by atoms with Gasteiger partial charge in [-0.1, -0.05) is 12.1 Å². The van der Waals surface area contributed by atoms with Crippen molar-refractivity contribution < 1.29 is 23.6 Å². The van der Waals surface area contributed by atoms with E-state index in [9.17, 15) is 24.1 Å². The van der Waals surface area contributed by atoms with E-state index < -0.39 is 28.7 Å². The topological polar surface area (TPSA) is 98.5 Å². The fraction of sp³-hybridized carbons (Fsp3) is 0.111. The summed E-state index contributed by atoms with van der Waals surface area (Å²) in [6.45, 7) is 1.37. The number of ether oxygens (including phenoxy) is 1. The van der Waals surface area contributed by atoms with Gasteiger partial charge in [-0.15, -0.1) is 11.3 Å². The number of halogens is 1. The molecule has 27 heavy (non-hydrogen) atoms. The van der Waals surface area contributed by atoms with Crippen LogP contribution in [0.2, 0.25) is 0 Å². The Morgan fingerprint density at radius 2 is 1.96 bits per heavy atom. The lowest BCUT2D eigenvalue weighted by Gasteiger charge is -2.13. The lowest BCUT2D eigenvalue weighted by Crippen LogP contribution is -2.30. The molecule has 0 aliphatic rings. The van der Waals surface area contributed by atoms with Crippen LogP contribution < -0.4 is 5.32 Å². The van der Waals surface area contributed by atoms with Crippen molar-refractivity contribution in [1.82, 2.24) is 0 Å². The SMILES string of the molecule is C[C@@H](OC(=O)c1cc2cc([N+](=O)[O-])ccc2s1)C(=O)Nc1ccccc1F. The molecule has 2 aromatic carbocycles. The highest BCUT2D eigenvalue weighted by Gasteiger charge is 2.21. The number of hydrogen-bond acceptors (Lipinski definition) is 6. The number of fused-ring (bicyclic) bond motifs is 1. The van der Waals surface area contributed by atoms with Gasteiger partial charge in [0.25, 0.3) is 11.6 Å². The number of hydrogen-bond donors (Lipinski definition) is 1. The fourth-order valence-corrected chi connectivity index (χ4v) is 3.24. The summed E-state index contributed by atoms with van der Waals surface area (Å²) in [4.78, 5) is 34.9. The van der Waals surface area contributed by atoms with Gasteiger partial charge in [0.1, 0.15) is 10.7 Å². The third-order valence-electron chi connectivity index (χ3n) is 3.70. The number of rotatable bonds is 5. The first-order chi connectivity index (χ1) is 12.8. The minimum atomic E-state index is -1.16. The van der Waals surface area contributed by atoms with E-state index >= 15 is 0 Å². The maximum absolute atomic E-state index is 13.6. The zero-order valence-electron chi connectivity index (χ0n) is 14.0. The Morgan fingerprint density at radius 1 is 1.22 bits per heavy atom. The molecule has 7 nitrogen and oxygen atoms in total. The zero-order valence-corrected chi connectivity index (χ0v) is 14.8. The monoisotopic (exact) mass is 388 g/mol. The van der Waals surface area contributed by atoms with Crippen LogP contribution in [-0.4, -0.2) is 22.9 Å². The number of amides is 1. The number of benzene rings is 2. The second-order valence-corrected chi connectivity index (χ2v) is 6.69. The van der Waals surface area contributed by atoms with Crippen LogP contribution in [0.15, 0.2) is 48.5 Å². The third kappa shape index (κ3) is 4.09. The molecule has 3 aromatic rings. The Kier molecular flexibility index (Phi) is 5.13. The zero-order chi connectivity index (χ0) is 19.6. The van der Waals surface area contributed by atoms with Crippen LogP contribution in [-0.2, 0) is 9.53 Å². The Balaban J connectivity index is 1.70. The van der Waals surface area contributed by atoms with Crippen LogP contribution in [0.4, 0.5) is 15.8 Å². The summed E-state index contributed by atoms with van der Waals surface area (Å²) >= 11 is 1.10. The number of non-ortho nitro benzene ring substituents is 1. The van der Waals surface area contributed by atoms with E-state index in [1.54, 1.807) is 12.1 Å². The van der Waals surface area contributed by atoms with E-state index in [1.165, 1.54) is 43.3 Å². The summed E-state index contributed by atoms with van der Waals surface area (Å²) in [5.74, 6) is -2.02. The molecule has 0 fully saturated rings. The predicted molar refractivity (Wildman–Crippen MR) is 98.4 cm³/mol. The molecule has 0 unspecified atom stereocenters. The molecular weight excluding hydrogens is 375 g/mol. The first-order valence-corrected chi connectivity index (χ1v) is 8.61. The molecule has 0 spiro atoms. The summed E-state index contributed by atoms with van der Waals surface area (Å²) in [7, 11) is 0. The Bertz CT molecular complexity index is 1050. The minimum Gasteiger partial charge on any atom is -0.448 e. The van der Waals surface area contributed by atoms with E-state index in [2.05, 4.69) is 5.32 Å². The van der Waals surface area contributed by atoms with Crippen LogP contribution in [0, 0.1) is 15.9 Å². The molecular formula is C18H13FN2O5S. The molecule has 0 aliphatic carbocycles. The Hall–Kier alpha value is -3.33. The maximum atomic E-state index is 13.6. The van der Waals surface area contributed by atoms with Gasteiger partial charge < -0.3 is 10.1 Å². The maximum Gasteiger partial charge on any atom is 0.349 e. The summed E-state index contributed by atoms with van der Waals surface area (Å²) < 4.78 is 19.4. The third-order valence-corrected chi connectivity index (χ3v) is 4.79. The van der Waals surface area contributed by atoms with Crippen molar-refractivity contribution in [3.63, 3.8) is 0 Å². The highest BCUT2D eigenvalue weighted by Crippen LogP contribution is 2.29. The minimum absolute atomic E-state index is 0.0143. The van der Waals surface area contributed by atoms with Crippen LogP contribution in [0.5, 0.6) is 0 Å². The molecule has 9 heteroatoms. The van der Waals surface area contributed by atoms with Crippen LogP contribution in [0.3, 0.4) is 0 Å².